The van der Waals surface area contributed by atoms with E-state index in [-0.39, 0.29) is 0 Å². The van der Waals surface area contributed by atoms with E-state index >= 15 is 0 Å². The summed E-state index contributed by atoms with van der Waals surface area (Å²) in [5.41, 5.74) is 4.14. The lowest BCUT2D eigenvalue weighted by Crippen LogP contribution is -2.20. The van der Waals surface area contributed by atoms with Gasteiger partial charge < -0.3 is 9.30 Å². The van der Waals surface area contributed by atoms with E-state index in [9.17, 15) is 8.42 Å². The topological polar surface area (TPSA) is 53.2 Å². The number of rotatable bonds is 8. The number of ether oxygens (including phenoxy) is 1. The summed E-state index contributed by atoms with van der Waals surface area (Å²) in [4.78, 5) is 0. The Labute approximate surface area is 188 Å². The Balaban J connectivity index is 1.84. The SMILES string of the molecule is C=CCOc1ccc2c(c1)c(-c1cccn1S(=O)(=O)C(C=C)c1ccc(C)cc1)cn2C. The predicted octanol–water partition coefficient (Wildman–Crippen LogP) is 5.63. The first-order valence-electron chi connectivity index (χ1n) is 10.3. The van der Waals surface area contributed by atoms with E-state index < -0.39 is 15.3 Å². The van der Waals surface area contributed by atoms with Crippen LogP contribution in [0.15, 0.2) is 92.3 Å². The minimum absolute atomic E-state index is 0.399. The van der Waals surface area contributed by atoms with Crippen LogP contribution in [0.4, 0.5) is 0 Å². The molecule has 0 spiro atoms. The van der Waals surface area contributed by atoms with E-state index in [1.54, 1.807) is 18.3 Å². The van der Waals surface area contributed by atoms with E-state index in [2.05, 4.69) is 13.2 Å². The fraction of sp³-hybridized carbons (Fsp3) is 0.154. The largest absolute Gasteiger partial charge is 0.490 e. The standard InChI is InChI=1S/C26H26N2O3S/c1-5-16-31-21-13-14-24-22(17-21)23(18-27(24)4)25-8-7-15-28(25)32(29,30)26(6-2)20-11-9-19(3)10-12-20/h5-15,17-18,26H,1-2,16H2,3-4H3. The van der Waals surface area contributed by atoms with Crippen LogP contribution < -0.4 is 4.74 Å². The van der Waals surface area contributed by atoms with Crippen LogP contribution in [0.1, 0.15) is 16.4 Å². The molecule has 6 heteroatoms. The van der Waals surface area contributed by atoms with Crippen LogP contribution in [-0.2, 0) is 17.1 Å². The Bertz CT molecular complexity index is 1390. The highest BCUT2D eigenvalue weighted by Crippen LogP contribution is 2.36. The third kappa shape index (κ3) is 3.78. The molecule has 0 N–H and O–H groups in total. The van der Waals surface area contributed by atoms with Crippen molar-refractivity contribution in [3.63, 3.8) is 0 Å². The summed E-state index contributed by atoms with van der Waals surface area (Å²) in [6.07, 6.45) is 6.70. The maximum atomic E-state index is 13.7. The lowest BCUT2D eigenvalue weighted by atomic mass is 10.1. The third-order valence-electron chi connectivity index (χ3n) is 5.53. The minimum Gasteiger partial charge on any atom is -0.490 e. The summed E-state index contributed by atoms with van der Waals surface area (Å²) in [7, 11) is -1.85. The van der Waals surface area contributed by atoms with Crippen molar-refractivity contribution in [2.45, 2.75) is 12.2 Å². The number of aromatic nitrogens is 2. The van der Waals surface area contributed by atoms with Gasteiger partial charge in [-0.3, -0.25) is 0 Å². The lowest BCUT2D eigenvalue weighted by molar-refractivity contribution is 0.364. The van der Waals surface area contributed by atoms with Crippen LogP contribution in [0, 0.1) is 6.92 Å². The second kappa shape index (κ2) is 8.55. The predicted molar refractivity (Wildman–Crippen MR) is 130 cm³/mol. The van der Waals surface area contributed by atoms with Crippen molar-refractivity contribution in [1.29, 1.82) is 0 Å². The smallest absolute Gasteiger partial charge is 0.249 e. The quantitative estimate of drug-likeness (QED) is 0.330. The van der Waals surface area contributed by atoms with Gasteiger partial charge in [-0.05, 0) is 42.8 Å². The number of hydrogen-bond acceptors (Lipinski definition) is 3. The molecule has 0 aliphatic carbocycles. The van der Waals surface area contributed by atoms with Crippen LogP contribution in [0.25, 0.3) is 22.2 Å². The van der Waals surface area contributed by atoms with Crippen molar-refractivity contribution >= 4 is 20.9 Å². The maximum absolute atomic E-state index is 13.7. The average Bonchev–Trinajstić information content (AvgIpc) is 3.39. The molecule has 1 unspecified atom stereocenters. The zero-order valence-corrected chi connectivity index (χ0v) is 19.0. The van der Waals surface area contributed by atoms with Gasteiger partial charge in [0.05, 0.1) is 5.69 Å². The summed E-state index contributed by atoms with van der Waals surface area (Å²) < 4.78 is 36.4. The van der Waals surface area contributed by atoms with Gasteiger partial charge in [-0.15, -0.1) is 6.58 Å². The molecule has 0 radical (unpaired) electrons. The maximum Gasteiger partial charge on any atom is 0.249 e. The van der Waals surface area contributed by atoms with Crippen LogP contribution in [0.5, 0.6) is 5.75 Å². The molecule has 4 rings (SSSR count). The Morgan fingerprint density at radius 3 is 2.53 bits per heavy atom. The number of benzene rings is 2. The molecular formula is C26H26N2O3S. The van der Waals surface area contributed by atoms with Gasteiger partial charge in [0, 0.05) is 35.9 Å². The van der Waals surface area contributed by atoms with Crippen LogP contribution in [0.2, 0.25) is 0 Å². The fourth-order valence-corrected chi connectivity index (χ4v) is 5.59. The molecule has 0 saturated carbocycles. The van der Waals surface area contributed by atoms with Gasteiger partial charge in [0.1, 0.15) is 17.6 Å². The summed E-state index contributed by atoms with van der Waals surface area (Å²) in [5, 5.41) is 0.0467. The van der Waals surface area contributed by atoms with Gasteiger partial charge in [0.15, 0.2) is 0 Å². The normalized spacial score (nSPS) is 12.6. The van der Waals surface area contributed by atoms with E-state index in [1.165, 1.54) is 10.0 Å². The average molecular weight is 447 g/mol. The number of aryl methyl sites for hydroxylation is 2. The highest BCUT2D eigenvalue weighted by atomic mass is 32.2. The van der Waals surface area contributed by atoms with Crippen molar-refractivity contribution in [2.24, 2.45) is 7.05 Å². The van der Waals surface area contributed by atoms with Crippen molar-refractivity contribution in [1.82, 2.24) is 8.54 Å². The van der Waals surface area contributed by atoms with E-state index in [0.29, 0.717) is 23.6 Å². The summed E-state index contributed by atoms with van der Waals surface area (Å²) in [5.74, 6) is 0.703. The molecule has 2 heterocycles. The molecule has 32 heavy (non-hydrogen) atoms. The van der Waals surface area contributed by atoms with Crippen LogP contribution >= 0.6 is 0 Å². The van der Waals surface area contributed by atoms with Crippen molar-refractivity contribution < 1.29 is 13.2 Å². The Morgan fingerprint density at radius 2 is 1.84 bits per heavy atom. The van der Waals surface area contributed by atoms with Gasteiger partial charge in [0.2, 0.25) is 10.0 Å². The zero-order valence-electron chi connectivity index (χ0n) is 18.2. The highest BCUT2D eigenvalue weighted by molar-refractivity contribution is 7.90. The summed E-state index contributed by atoms with van der Waals surface area (Å²) in [6, 6.07) is 16.9. The highest BCUT2D eigenvalue weighted by Gasteiger charge is 2.28. The van der Waals surface area contributed by atoms with Gasteiger partial charge in [-0.25, -0.2) is 12.4 Å². The monoisotopic (exact) mass is 446 g/mol. The van der Waals surface area contributed by atoms with Gasteiger partial charge in [-0.2, -0.15) is 0 Å². The summed E-state index contributed by atoms with van der Waals surface area (Å²) in [6.45, 7) is 9.87. The fourth-order valence-electron chi connectivity index (χ4n) is 3.92. The lowest BCUT2D eigenvalue weighted by Gasteiger charge is -2.18. The zero-order chi connectivity index (χ0) is 22.9. The number of hydrogen-bond donors (Lipinski definition) is 0. The second-order valence-electron chi connectivity index (χ2n) is 7.73. The summed E-state index contributed by atoms with van der Waals surface area (Å²) >= 11 is 0. The molecule has 5 nitrogen and oxygen atoms in total. The van der Waals surface area contributed by atoms with E-state index in [4.69, 9.17) is 4.74 Å². The number of nitrogens with zero attached hydrogens (tertiary/aromatic N) is 2. The van der Waals surface area contributed by atoms with E-state index in [1.807, 2.05) is 73.3 Å². The molecule has 2 aromatic carbocycles. The van der Waals surface area contributed by atoms with Crippen LogP contribution in [0.3, 0.4) is 0 Å². The van der Waals surface area contributed by atoms with Crippen molar-refractivity contribution in [3.05, 3.63) is 103 Å². The molecule has 0 fully saturated rings. The van der Waals surface area contributed by atoms with Crippen LogP contribution in [-0.4, -0.2) is 23.6 Å². The van der Waals surface area contributed by atoms with Crippen molar-refractivity contribution in [3.8, 4) is 17.0 Å². The second-order valence-corrected chi connectivity index (χ2v) is 9.66. The van der Waals surface area contributed by atoms with Gasteiger partial charge >= 0.3 is 0 Å². The van der Waals surface area contributed by atoms with Gasteiger partial charge in [0.25, 0.3) is 0 Å². The first-order chi connectivity index (χ1) is 15.4. The molecule has 0 aliphatic heterocycles. The molecule has 0 aliphatic rings. The molecule has 4 aromatic rings. The molecule has 1 atom stereocenters. The van der Waals surface area contributed by atoms with Crippen molar-refractivity contribution in [2.75, 3.05) is 6.61 Å². The Morgan fingerprint density at radius 1 is 1.09 bits per heavy atom. The third-order valence-corrected chi connectivity index (χ3v) is 7.51. The Hall–Kier alpha value is -3.51. The first kappa shape index (κ1) is 21.7. The van der Waals surface area contributed by atoms with E-state index in [0.717, 1.165) is 22.0 Å². The molecule has 164 valence electrons. The molecule has 0 bridgehead atoms. The molecule has 0 amide bonds. The minimum atomic E-state index is -3.79. The molecule has 2 aromatic heterocycles. The van der Waals surface area contributed by atoms with Gasteiger partial charge in [-0.1, -0.05) is 48.6 Å². The first-order valence-corrected chi connectivity index (χ1v) is 11.8. The Kier molecular flexibility index (Phi) is 5.80. The molecular weight excluding hydrogens is 420 g/mol. The molecule has 0 saturated heterocycles. The number of fused-ring (bicyclic) bond motifs is 1.